The predicted octanol–water partition coefficient (Wildman–Crippen LogP) is 14.8. The lowest BCUT2D eigenvalue weighted by atomic mass is 10.0. The van der Waals surface area contributed by atoms with E-state index in [0.717, 1.165) is 66.6 Å². The number of benzene rings is 10. The molecule has 300 valence electrons. The minimum atomic E-state index is -0.350. The van der Waals surface area contributed by atoms with E-state index >= 15 is 0 Å². The van der Waals surface area contributed by atoms with Crippen LogP contribution in [0.2, 0.25) is 0 Å². The van der Waals surface area contributed by atoms with E-state index in [4.69, 9.17) is 14.4 Å². The molecule has 2 aromatic heterocycles. The number of nitrogens with one attached hydrogen (secondary N) is 1. The molecule has 12 aromatic rings. The first kappa shape index (κ1) is 36.1. The van der Waals surface area contributed by atoms with Crippen molar-refractivity contribution in [3.63, 3.8) is 0 Å². The third kappa shape index (κ3) is 6.01. The third-order valence-corrected chi connectivity index (χ3v) is 12.8. The van der Waals surface area contributed by atoms with Crippen molar-refractivity contribution in [3.05, 3.63) is 235 Å². The minimum absolute atomic E-state index is 0.350. The fourth-order valence-corrected chi connectivity index (χ4v) is 9.65. The number of nitrogens with zero attached hydrogens (tertiary/aromatic N) is 3. The first-order chi connectivity index (χ1) is 31.7. The van der Waals surface area contributed by atoms with E-state index in [0.29, 0.717) is 5.84 Å². The molecule has 10 aromatic carbocycles. The van der Waals surface area contributed by atoms with Gasteiger partial charge in [-0.25, -0.2) is 9.98 Å². The van der Waals surface area contributed by atoms with Gasteiger partial charge in [0.05, 0.1) is 22.1 Å². The van der Waals surface area contributed by atoms with Crippen molar-refractivity contribution in [2.24, 2.45) is 9.98 Å². The van der Waals surface area contributed by atoms with Crippen molar-refractivity contribution in [2.45, 2.75) is 6.17 Å². The molecule has 1 unspecified atom stereocenters. The summed E-state index contributed by atoms with van der Waals surface area (Å²) in [6.45, 7) is 0. The molecule has 1 aliphatic rings. The maximum absolute atomic E-state index is 6.79. The molecule has 64 heavy (non-hydrogen) atoms. The summed E-state index contributed by atoms with van der Waals surface area (Å²) in [6, 6.07) is 77.7. The van der Waals surface area contributed by atoms with E-state index in [1.807, 2.05) is 0 Å². The Balaban J connectivity index is 0.961. The number of hydrogen-bond acceptors (Lipinski definition) is 4. The molecule has 0 saturated carbocycles. The maximum Gasteiger partial charge on any atom is 0.159 e. The zero-order valence-corrected chi connectivity index (χ0v) is 34.6. The third-order valence-electron chi connectivity index (χ3n) is 12.8. The highest BCUT2D eigenvalue weighted by molar-refractivity contribution is 6.18. The second-order valence-corrected chi connectivity index (χ2v) is 16.6. The summed E-state index contributed by atoms with van der Waals surface area (Å²) in [5.41, 5.74) is 12.7. The lowest BCUT2D eigenvalue weighted by molar-refractivity contribution is 0.666. The molecule has 1 N–H and O–H groups in total. The first-order valence-corrected chi connectivity index (χ1v) is 21.7. The normalized spacial score (nSPS) is 14.1. The summed E-state index contributed by atoms with van der Waals surface area (Å²) in [7, 11) is 0. The number of aromatic nitrogens is 1. The molecule has 0 saturated heterocycles. The van der Waals surface area contributed by atoms with Crippen LogP contribution < -0.4 is 5.32 Å². The molecule has 13 rings (SSSR count). The van der Waals surface area contributed by atoms with Crippen LogP contribution in [0.15, 0.2) is 233 Å². The minimum Gasteiger partial charge on any atom is -0.456 e. The lowest BCUT2D eigenvalue weighted by Gasteiger charge is -2.24. The molecule has 0 amide bonds. The quantitative estimate of drug-likeness (QED) is 0.182. The average Bonchev–Trinajstić information content (AvgIpc) is 3.91. The van der Waals surface area contributed by atoms with Crippen LogP contribution in [0.4, 0.5) is 0 Å². The Morgan fingerprint density at radius 2 is 1.00 bits per heavy atom. The van der Waals surface area contributed by atoms with Gasteiger partial charge in [0, 0.05) is 27.3 Å². The van der Waals surface area contributed by atoms with Gasteiger partial charge in [-0.2, -0.15) is 0 Å². The molecule has 5 heteroatoms. The van der Waals surface area contributed by atoms with Crippen molar-refractivity contribution in [2.75, 3.05) is 0 Å². The van der Waals surface area contributed by atoms with E-state index in [-0.39, 0.29) is 6.17 Å². The van der Waals surface area contributed by atoms with Gasteiger partial charge in [0.2, 0.25) is 0 Å². The molecular formula is C59H38N4O. The largest absolute Gasteiger partial charge is 0.456 e. The fraction of sp³-hybridized carbons (Fsp3) is 0.0169. The average molecular weight is 819 g/mol. The van der Waals surface area contributed by atoms with Gasteiger partial charge in [-0.1, -0.05) is 158 Å². The van der Waals surface area contributed by atoms with Crippen molar-refractivity contribution in [3.8, 4) is 27.9 Å². The molecule has 1 atom stereocenters. The van der Waals surface area contributed by atoms with Gasteiger partial charge in [0.25, 0.3) is 0 Å². The van der Waals surface area contributed by atoms with Gasteiger partial charge in [-0.15, -0.1) is 0 Å². The monoisotopic (exact) mass is 818 g/mol. The van der Waals surface area contributed by atoms with Crippen LogP contribution in [-0.2, 0) is 0 Å². The number of amidine groups is 2. The van der Waals surface area contributed by atoms with Gasteiger partial charge < -0.3 is 14.3 Å². The van der Waals surface area contributed by atoms with Crippen LogP contribution in [0.25, 0.3) is 93.2 Å². The number of aliphatic imine (C=N–C) groups is 2. The lowest BCUT2D eigenvalue weighted by Crippen LogP contribution is -2.33. The van der Waals surface area contributed by atoms with Gasteiger partial charge in [-0.05, 0) is 110 Å². The Morgan fingerprint density at radius 1 is 0.406 bits per heavy atom. The highest BCUT2D eigenvalue weighted by Gasteiger charge is 2.24. The van der Waals surface area contributed by atoms with Crippen LogP contribution in [0.3, 0.4) is 0 Å². The standard InChI is InChI=1S/C59H38N4O/c1-3-12-37(13-4-1)43-27-30-51-49(34-43)50-35-44(38-14-5-2-6-15-38)28-31-52(50)63(51)53-20-11-21-54-56(53)48-29-26-47(36-55(48)64-54)59-61-57(45-24-22-39-16-7-9-18-41(39)32-45)60-58(62-59)46-25-23-40-17-8-10-19-42(40)33-46/h1-36,57H,(H,60,61,62). The van der Waals surface area contributed by atoms with Crippen LogP contribution in [-0.4, -0.2) is 16.2 Å². The number of hydrogen-bond donors (Lipinski definition) is 1. The van der Waals surface area contributed by atoms with Gasteiger partial charge in [0.1, 0.15) is 23.2 Å². The molecular weight excluding hydrogens is 781 g/mol. The summed E-state index contributed by atoms with van der Waals surface area (Å²) < 4.78 is 9.20. The highest BCUT2D eigenvalue weighted by Crippen LogP contribution is 2.41. The summed E-state index contributed by atoms with van der Waals surface area (Å²) in [5, 5.41) is 12.9. The van der Waals surface area contributed by atoms with Crippen molar-refractivity contribution in [1.29, 1.82) is 0 Å². The van der Waals surface area contributed by atoms with Crippen molar-refractivity contribution < 1.29 is 4.42 Å². The molecule has 5 nitrogen and oxygen atoms in total. The topological polar surface area (TPSA) is 54.8 Å². The fourth-order valence-electron chi connectivity index (χ4n) is 9.65. The number of fused-ring (bicyclic) bond motifs is 8. The van der Waals surface area contributed by atoms with Crippen LogP contribution in [0.1, 0.15) is 22.9 Å². The molecule has 0 aliphatic carbocycles. The molecule has 0 fully saturated rings. The number of furan rings is 1. The molecule has 0 radical (unpaired) electrons. The highest BCUT2D eigenvalue weighted by atomic mass is 16.3. The second-order valence-electron chi connectivity index (χ2n) is 16.6. The summed E-state index contributed by atoms with van der Waals surface area (Å²) in [6.07, 6.45) is -0.350. The summed E-state index contributed by atoms with van der Waals surface area (Å²) in [5.74, 6) is 1.42. The van der Waals surface area contributed by atoms with Gasteiger partial charge >= 0.3 is 0 Å². The number of rotatable bonds is 6. The summed E-state index contributed by atoms with van der Waals surface area (Å²) >= 11 is 0. The Bertz CT molecular complexity index is 3780. The zero-order chi connectivity index (χ0) is 42.1. The Hall–Kier alpha value is -8.54. The van der Waals surface area contributed by atoms with Gasteiger partial charge in [0.15, 0.2) is 5.84 Å². The Morgan fingerprint density at radius 3 is 1.69 bits per heavy atom. The summed E-state index contributed by atoms with van der Waals surface area (Å²) in [4.78, 5) is 10.5. The molecule has 0 spiro atoms. The van der Waals surface area contributed by atoms with E-state index in [1.54, 1.807) is 0 Å². The molecule has 0 bridgehead atoms. The SMILES string of the molecule is c1ccc(-c2ccc3c(c2)c2cc(-c4ccccc4)ccc2n3-c2cccc3oc4cc(C5=NC(c6ccc7ccccc7c6)=NC(c6ccc7ccccc7c6)N5)ccc4c23)cc1. The zero-order valence-electron chi connectivity index (χ0n) is 34.6. The predicted molar refractivity (Wildman–Crippen MR) is 266 cm³/mol. The first-order valence-electron chi connectivity index (χ1n) is 21.7. The molecule has 1 aliphatic heterocycles. The smallest absolute Gasteiger partial charge is 0.159 e. The van der Waals surface area contributed by atoms with E-state index < -0.39 is 0 Å². The van der Waals surface area contributed by atoms with Crippen LogP contribution >= 0.6 is 0 Å². The maximum atomic E-state index is 6.79. The molecule has 3 heterocycles. The Kier molecular flexibility index (Phi) is 8.21. The van der Waals surface area contributed by atoms with E-state index in [1.165, 1.54) is 49.2 Å². The van der Waals surface area contributed by atoms with Crippen LogP contribution in [0, 0.1) is 0 Å². The Labute approximate surface area is 368 Å². The van der Waals surface area contributed by atoms with Crippen molar-refractivity contribution >= 4 is 77.0 Å². The van der Waals surface area contributed by atoms with Crippen LogP contribution in [0.5, 0.6) is 0 Å². The second kappa shape index (κ2) is 14.5. The van der Waals surface area contributed by atoms with Crippen molar-refractivity contribution in [1.82, 2.24) is 9.88 Å². The van der Waals surface area contributed by atoms with E-state index in [9.17, 15) is 0 Å². The van der Waals surface area contributed by atoms with E-state index in [2.05, 4.69) is 228 Å². The van der Waals surface area contributed by atoms with Gasteiger partial charge in [-0.3, -0.25) is 0 Å².